The van der Waals surface area contributed by atoms with Crippen molar-refractivity contribution in [1.29, 1.82) is 0 Å². The van der Waals surface area contributed by atoms with E-state index in [0.29, 0.717) is 25.7 Å². The highest BCUT2D eigenvalue weighted by molar-refractivity contribution is 7.47. The maximum Gasteiger partial charge on any atom is 0.472 e. The van der Waals surface area contributed by atoms with Crippen LogP contribution in [0, 0.1) is 11.8 Å². The van der Waals surface area contributed by atoms with Crippen molar-refractivity contribution in [3.05, 3.63) is 0 Å². The van der Waals surface area contributed by atoms with Gasteiger partial charge in [-0.25, -0.2) is 9.13 Å². The maximum absolute atomic E-state index is 13.1. The van der Waals surface area contributed by atoms with Gasteiger partial charge in [0.1, 0.15) is 19.3 Å². The van der Waals surface area contributed by atoms with Crippen molar-refractivity contribution in [2.45, 2.75) is 464 Å². The van der Waals surface area contributed by atoms with Gasteiger partial charge < -0.3 is 33.8 Å². The molecule has 0 amide bonds. The zero-order valence-corrected chi connectivity index (χ0v) is 69.4. The lowest BCUT2D eigenvalue weighted by Gasteiger charge is -2.21. The van der Waals surface area contributed by atoms with E-state index in [1.54, 1.807) is 0 Å². The minimum Gasteiger partial charge on any atom is -0.462 e. The average Bonchev–Trinajstić information content (AvgIpc) is 0.917. The van der Waals surface area contributed by atoms with Crippen molar-refractivity contribution in [2.75, 3.05) is 39.6 Å². The van der Waals surface area contributed by atoms with Crippen LogP contribution in [0.1, 0.15) is 446 Å². The summed E-state index contributed by atoms with van der Waals surface area (Å²) in [7, 11) is -9.92. The Hall–Kier alpha value is -1.94. The van der Waals surface area contributed by atoms with E-state index < -0.39 is 97.5 Å². The summed E-state index contributed by atoms with van der Waals surface area (Å²) in [5.41, 5.74) is 0. The van der Waals surface area contributed by atoms with Crippen LogP contribution in [-0.4, -0.2) is 96.7 Å². The van der Waals surface area contributed by atoms with Crippen LogP contribution in [0.4, 0.5) is 0 Å². The molecule has 0 aliphatic carbocycles. The maximum atomic E-state index is 13.1. The lowest BCUT2D eigenvalue weighted by atomic mass is 10.0. The van der Waals surface area contributed by atoms with Crippen LogP contribution in [0.15, 0.2) is 0 Å². The average molecular weight is 1510 g/mol. The molecule has 0 aliphatic rings. The summed E-state index contributed by atoms with van der Waals surface area (Å²) < 4.78 is 68.9. The Balaban J connectivity index is 5.24. The molecule has 0 saturated carbocycles. The fraction of sp³-hybridized carbons (Fsp3) is 0.952. The van der Waals surface area contributed by atoms with Gasteiger partial charge in [-0.15, -0.1) is 0 Å². The Morgan fingerprint density at radius 1 is 0.262 bits per heavy atom. The first-order valence-corrected chi connectivity index (χ1v) is 46.5. The predicted octanol–water partition coefficient (Wildman–Crippen LogP) is 25.5. The molecule has 0 rings (SSSR count). The molecule has 612 valence electrons. The molecule has 17 nitrogen and oxygen atoms in total. The number of carbonyl (C=O) groups is 4. The number of hydrogen-bond donors (Lipinski definition) is 3. The smallest absolute Gasteiger partial charge is 0.462 e. The van der Waals surface area contributed by atoms with Gasteiger partial charge in [0.05, 0.1) is 26.4 Å². The third-order valence-electron chi connectivity index (χ3n) is 19.7. The summed E-state index contributed by atoms with van der Waals surface area (Å²) in [5, 5.41) is 10.7. The fourth-order valence-electron chi connectivity index (χ4n) is 13.1. The molecule has 0 aromatic rings. The normalized spacial score (nSPS) is 13.9. The van der Waals surface area contributed by atoms with Gasteiger partial charge in [-0.05, 0) is 37.5 Å². The summed E-state index contributed by atoms with van der Waals surface area (Å²) in [6.45, 7) is 9.71. The van der Waals surface area contributed by atoms with Gasteiger partial charge in [0.2, 0.25) is 0 Å². The van der Waals surface area contributed by atoms with Crippen molar-refractivity contribution >= 4 is 39.5 Å². The number of unbranched alkanes of at least 4 members (excludes halogenated alkanes) is 53. The third kappa shape index (κ3) is 78.0. The molecule has 5 atom stereocenters. The Kier molecular flexibility index (Phi) is 74.1. The zero-order chi connectivity index (χ0) is 75.6. The van der Waals surface area contributed by atoms with Crippen molar-refractivity contribution < 1.29 is 80.2 Å². The van der Waals surface area contributed by atoms with Gasteiger partial charge in [0.25, 0.3) is 0 Å². The Morgan fingerprint density at radius 2 is 0.447 bits per heavy atom. The second-order valence-electron chi connectivity index (χ2n) is 31.2. The number of phosphoric acid groups is 2. The minimum absolute atomic E-state index is 0.109. The van der Waals surface area contributed by atoms with Gasteiger partial charge >= 0.3 is 39.5 Å². The second-order valence-corrected chi connectivity index (χ2v) is 34.1. The monoisotopic (exact) mass is 1510 g/mol. The highest BCUT2D eigenvalue weighted by Gasteiger charge is 2.30. The predicted molar refractivity (Wildman–Crippen MR) is 423 cm³/mol. The second kappa shape index (κ2) is 75.5. The van der Waals surface area contributed by atoms with Crippen molar-refractivity contribution in [1.82, 2.24) is 0 Å². The van der Waals surface area contributed by atoms with Gasteiger partial charge in [-0.1, -0.05) is 395 Å². The molecule has 0 bridgehead atoms. The molecule has 0 aromatic carbocycles. The van der Waals surface area contributed by atoms with Crippen molar-refractivity contribution in [3.8, 4) is 0 Å². The quantitative estimate of drug-likeness (QED) is 0.0222. The molecule has 0 fully saturated rings. The molecule has 0 heterocycles. The lowest BCUT2D eigenvalue weighted by molar-refractivity contribution is -0.161. The highest BCUT2D eigenvalue weighted by Crippen LogP contribution is 2.45. The van der Waals surface area contributed by atoms with E-state index in [0.717, 1.165) is 102 Å². The molecule has 3 N–H and O–H groups in total. The number of esters is 4. The summed E-state index contributed by atoms with van der Waals surface area (Å²) in [6.07, 6.45) is 66.5. The molecule has 103 heavy (non-hydrogen) atoms. The number of hydrogen-bond acceptors (Lipinski definition) is 15. The van der Waals surface area contributed by atoms with Gasteiger partial charge in [-0.2, -0.15) is 0 Å². The summed E-state index contributed by atoms with van der Waals surface area (Å²) >= 11 is 0. The van der Waals surface area contributed by atoms with E-state index in [2.05, 4.69) is 41.5 Å². The van der Waals surface area contributed by atoms with Crippen LogP contribution < -0.4 is 0 Å². The van der Waals surface area contributed by atoms with Gasteiger partial charge in [0, 0.05) is 25.7 Å². The molecule has 0 spiro atoms. The van der Waals surface area contributed by atoms with Crippen molar-refractivity contribution in [3.63, 3.8) is 0 Å². The molecule has 0 radical (unpaired) electrons. The number of ether oxygens (including phenoxy) is 4. The molecular formula is C84H164O17P2. The summed E-state index contributed by atoms with van der Waals surface area (Å²) in [6, 6.07) is 0. The third-order valence-corrected chi connectivity index (χ3v) is 21.6. The van der Waals surface area contributed by atoms with Crippen LogP contribution in [-0.2, 0) is 65.4 Å². The topological polar surface area (TPSA) is 237 Å². The zero-order valence-electron chi connectivity index (χ0n) is 67.6. The number of phosphoric ester groups is 2. The van der Waals surface area contributed by atoms with E-state index in [1.165, 1.54) is 263 Å². The Morgan fingerprint density at radius 3 is 0.660 bits per heavy atom. The first-order valence-electron chi connectivity index (χ1n) is 43.5. The van der Waals surface area contributed by atoms with Crippen LogP contribution in [0.3, 0.4) is 0 Å². The first kappa shape index (κ1) is 101. The first-order chi connectivity index (χ1) is 49.9. The van der Waals surface area contributed by atoms with Crippen LogP contribution in [0.25, 0.3) is 0 Å². The Labute approximate surface area is 632 Å². The van der Waals surface area contributed by atoms with Crippen LogP contribution >= 0.6 is 15.6 Å². The number of aliphatic hydroxyl groups is 1. The van der Waals surface area contributed by atoms with Crippen molar-refractivity contribution in [2.24, 2.45) is 11.8 Å². The standard InChI is InChI=1S/C84H164O17P2/c1-7-9-11-13-15-17-19-21-30-38-44-50-56-62-68-83(88)100-79(72-94-81(86)66-60-54-48-42-36-28-20-18-16-14-12-10-8-2)74-98-102(90,91)96-70-78(85)71-97-103(92,93)99-75-80(73-95-82(87)67-61-55-49-43-37-33-32-35-41-47-53-59-65-77(5)6)101-84(89)69-63-57-51-45-39-31-27-25-23-22-24-26-29-34-40-46-52-58-64-76(3)4/h76-80,85H,7-75H2,1-6H3,(H,90,91)(H,92,93)/t78-,79+,80+/m0/s1. The molecular weight excluding hydrogens is 1340 g/mol. The van der Waals surface area contributed by atoms with E-state index in [1.807, 2.05) is 0 Å². The molecule has 19 heteroatoms. The molecule has 0 saturated heterocycles. The molecule has 0 aliphatic heterocycles. The number of carbonyl (C=O) groups excluding carboxylic acids is 4. The fourth-order valence-corrected chi connectivity index (χ4v) is 14.6. The summed E-state index contributed by atoms with van der Waals surface area (Å²) in [5.74, 6) is -0.499. The van der Waals surface area contributed by atoms with E-state index >= 15 is 0 Å². The van der Waals surface area contributed by atoms with Gasteiger partial charge in [-0.3, -0.25) is 37.3 Å². The van der Waals surface area contributed by atoms with E-state index in [-0.39, 0.29) is 25.7 Å². The van der Waals surface area contributed by atoms with E-state index in [9.17, 15) is 43.2 Å². The minimum atomic E-state index is -4.96. The largest absolute Gasteiger partial charge is 0.472 e. The Bertz CT molecular complexity index is 1980. The highest BCUT2D eigenvalue weighted by atomic mass is 31.2. The lowest BCUT2D eigenvalue weighted by Crippen LogP contribution is -2.30. The van der Waals surface area contributed by atoms with Crippen LogP contribution in [0.5, 0.6) is 0 Å². The number of rotatable bonds is 83. The summed E-state index contributed by atoms with van der Waals surface area (Å²) in [4.78, 5) is 73.2. The SMILES string of the molecule is CCCCCCCCCCCCCCCCC(=O)O[C@H](COC(=O)CCCCCCCCCCCCCCC)COP(=O)(O)OC[C@H](O)COP(=O)(O)OC[C@@H](COC(=O)CCCCCCCCCCCCCCC(C)C)OC(=O)CCCCCCCCCCCCCCCCCCCCC(C)C. The molecule has 0 aromatic heterocycles. The van der Waals surface area contributed by atoms with Crippen LogP contribution in [0.2, 0.25) is 0 Å². The molecule has 2 unspecified atom stereocenters. The van der Waals surface area contributed by atoms with E-state index in [4.69, 9.17) is 37.0 Å². The number of aliphatic hydroxyl groups excluding tert-OH is 1. The van der Waals surface area contributed by atoms with Gasteiger partial charge in [0.15, 0.2) is 12.2 Å².